The van der Waals surface area contributed by atoms with Crippen LogP contribution in [0, 0.1) is 0 Å². The Balaban J connectivity index is 1.39. The second-order valence-electron chi connectivity index (χ2n) is 8.62. The van der Waals surface area contributed by atoms with Crippen LogP contribution in [0.15, 0.2) is 73.1 Å². The molecule has 3 N–H and O–H groups in total. The first-order valence-electron chi connectivity index (χ1n) is 10.8. The minimum atomic E-state index is -0.143. The molecule has 1 aromatic heterocycles. The molecule has 0 aliphatic heterocycles. The number of aryl methyl sites for hydroxylation is 1. The Kier molecular flexibility index (Phi) is 6.21. The van der Waals surface area contributed by atoms with Crippen LogP contribution in [0.4, 0.5) is 11.4 Å². The number of phenols is 1. The Morgan fingerprint density at radius 2 is 1.81 bits per heavy atom. The molecule has 4 aromatic rings. The van der Waals surface area contributed by atoms with E-state index in [1.165, 1.54) is 0 Å². The topological polar surface area (TPSA) is 71.3 Å². The molecular formula is C26H30N4O2. The number of anilines is 2. The highest BCUT2D eigenvalue weighted by atomic mass is 16.5. The van der Waals surface area contributed by atoms with E-state index in [1.54, 1.807) is 13.2 Å². The first-order chi connectivity index (χ1) is 15.4. The first-order valence-corrected chi connectivity index (χ1v) is 10.8. The number of imidazole rings is 1. The molecule has 0 saturated carbocycles. The lowest BCUT2D eigenvalue weighted by Gasteiger charge is -2.28. The molecule has 0 unspecified atom stereocenters. The molecule has 0 saturated heterocycles. The van der Waals surface area contributed by atoms with Crippen LogP contribution in [-0.4, -0.2) is 27.3 Å². The number of hydrogen-bond acceptors (Lipinski definition) is 5. The molecule has 0 bridgehead atoms. The van der Waals surface area contributed by atoms with Crippen molar-refractivity contribution in [3.63, 3.8) is 0 Å². The first kappa shape index (κ1) is 21.6. The Labute approximate surface area is 188 Å². The minimum absolute atomic E-state index is 0.143. The van der Waals surface area contributed by atoms with E-state index in [2.05, 4.69) is 40.1 Å². The molecule has 0 spiro atoms. The van der Waals surface area contributed by atoms with Crippen molar-refractivity contribution in [3.05, 3.63) is 78.6 Å². The number of nitrogens with one attached hydrogen (secondary N) is 2. The zero-order chi connectivity index (χ0) is 22.6. The van der Waals surface area contributed by atoms with E-state index in [-0.39, 0.29) is 11.3 Å². The molecule has 6 heteroatoms. The summed E-state index contributed by atoms with van der Waals surface area (Å²) in [5.41, 5.74) is 4.79. The monoisotopic (exact) mass is 430 g/mol. The summed E-state index contributed by atoms with van der Waals surface area (Å²) in [6.07, 6.45) is 2.82. The van der Waals surface area contributed by atoms with E-state index in [1.807, 2.05) is 60.9 Å². The Morgan fingerprint density at radius 1 is 1.03 bits per heavy atom. The number of aromatic hydroxyl groups is 1. The van der Waals surface area contributed by atoms with E-state index in [4.69, 9.17) is 4.74 Å². The summed E-state index contributed by atoms with van der Waals surface area (Å²) < 4.78 is 7.40. The van der Waals surface area contributed by atoms with Crippen molar-refractivity contribution in [1.82, 2.24) is 9.55 Å². The van der Waals surface area contributed by atoms with Gasteiger partial charge in [0, 0.05) is 24.3 Å². The molecule has 0 fully saturated rings. The summed E-state index contributed by atoms with van der Waals surface area (Å²) in [4.78, 5) is 4.48. The number of methoxy groups -OCH3 is 1. The van der Waals surface area contributed by atoms with Gasteiger partial charge < -0.3 is 25.0 Å². The maximum absolute atomic E-state index is 10.3. The molecule has 0 aliphatic carbocycles. The zero-order valence-corrected chi connectivity index (χ0v) is 18.8. The van der Waals surface area contributed by atoms with E-state index < -0.39 is 0 Å². The van der Waals surface area contributed by atoms with Gasteiger partial charge in [-0.25, -0.2) is 4.98 Å². The summed E-state index contributed by atoms with van der Waals surface area (Å²) in [5, 5.41) is 17.2. The molecule has 166 valence electrons. The second-order valence-corrected chi connectivity index (χ2v) is 8.62. The lowest BCUT2D eigenvalue weighted by molar-refractivity contribution is 0.414. The third-order valence-electron chi connectivity index (χ3n) is 5.63. The molecule has 0 radical (unpaired) electrons. The smallest absolute Gasteiger partial charge is 0.138 e. The average Bonchev–Trinajstić information content (AvgIpc) is 3.21. The molecule has 0 aliphatic rings. The number of ether oxygens (including phenoxy) is 1. The molecular weight excluding hydrogens is 400 g/mol. The number of hydrogen-bond donors (Lipinski definition) is 3. The van der Waals surface area contributed by atoms with Crippen molar-refractivity contribution in [2.45, 2.75) is 38.9 Å². The number of nitrogens with zero attached hydrogens (tertiary/aromatic N) is 2. The molecule has 0 atom stereocenters. The van der Waals surface area contributed by atoms with Crippen molar-refractivity contribution in [3.8, 4) is 11.5 Å². The van der Waals surface area contributed by atoms with Gasteiger partial charge in [0.05, 0.1) is 30.2 Å². The van der Waals surface area contributed by atoms with Crippen LogP contribution >= 0.6 is 0 Å². The third kappa shape index (κ3) is 5.14. The van der Waals surface area contributed by atoms with Gasteiger partial charge in [0.1, 0.15) is 11.5 Å². The van der Waals surface area contributed by atoms with Gasteiger partial charge >= 0.3 is 0 Å². The Morgan fingerprint density at radius 3 is 2.59 bits per heavy atom. The molecule has 32 heavy (non-hydrogen) atoms. The largest absolute Gasteiger partial charge is 0.506 e. The summed E-state index contributed by atoms with van der Waals surface area (Å²) >= 11 is 0. The standard InChI is InChI=1S/C26H30N4O2/c1-26(2,14-15-30-18-28-22-6-4-5-7-24(22)30)29-20-10-13-25(31)23(16-20)27-17-19-8-11-21(32-3)12-9-19/h4-13,16,18,27,29,31H,14-15,17H2,1-3H3. The van der Waals surface area contributed by atoms with E-state index in [9.17, 15) is 5.11 Å². The van der Waals surface area contributed by atoms with Gasteiger partial charge in [0.2, 0.25) is 0 Å². The van der Waals surface area contributed by atoms with E-state index in [0.717, 1.165) is 41.0 Å². The fourth-order valence-corrected chi connectivity index (χ4v) is 3.74. The predicted molar refractivity (Wildman–Crippen MR) is 130 cm³/mol. The third-order valence-corrected chi connectivity index (χ3v) is 5.63. The van der Waals surface area contributed by atoms with Gasteiger partial charge in [0.25, 0.3) is 0 Å². The van der Waals surface area contributed by atoms with E-state index >= 15 is 0 Å². The van der Waals surface area contributed by atoms with E-state index in [0.29, 0.717) is 12.2 Å². The van der Waals surface area contributed by atoms with Crippen LogP contribution in [0.1, 0.15) is 25.8 Å². The molecule has 3 aromatic carbocycles. The normalized spacial score (nSPS) is 11.5. The molecule has 4 rings (SSSR count). The second kappa shape index (κ2) is 9.22. The lowest BCUT2D eigenvalue weighted by atomic mass is 10.00. The number of phenolic OH excluding ortho intramolecular Hbond substituents is 1. The van der Waals surface area contributed by atoms with Crippen LogP contribution in [-0.2, 0) is 13.1 Å². The van der Waals surface area contributed by atoms with Crippen LogP contribution in [0.3, 0.4) is 0 Å². The maximum atomic E-state index is 10.3. The number of aromatic nitrogens is 2. The predicted octanol–water partition coefficient (Wildman–Crippen LogP) is 5.64. The fraction of sp³-hybridized carbons (Fsp3) is 0.269. The summed E-state index contributed by atoms with van der Waals surface area (Å²) in [6, 6.07) is 21.6. The summed E-state index contributed by atoms with van der Waals surface area (Å²) in [5.74, 6) is 1.06. The number of benzene rings is 3. The highest BCUT2D eigenvalue weighted by molar-refractivity contribution is 5.74. The van der Waals surface area contributed by atoms with Crippen molar-refractivity contribution >= 4 is 22.4 Å². The van der Waals surface area contributed by atoms with Crippen LogP contribution in [0.2, 0.25) is 0 Å². The van der Waals surface area contributed by atoms with Crippen molar-refractivity contribution in [2.75, 3.05) is 17.7 Å². The van der Waals surface area contributed by atoms with Crippen LogP contribution in [0.25, 0.3) is 11.0 Å². The molecule has 6 nitrogen and oxygen atoms in total. The lowest BCUT2D eigenvalue weighted by Crippen LogP contribution is -2.32. The van der Waals surface area contributed by atoms with Crippen molar-refractivity contribution in [1.29, 1.82) is 0 Å². The maximum Gasteiger partial charge on any atom is 0.138 e. The van der Waals surface area contributed by atoms with Crippen LogP contribution < -0.4 is 15.4 Å². The number of fused-ring (bicyclic) bond motifs is 1. The van der Waals surface area contributed by atoms with Crippen molar-refractivity contribution < 1.29 is 9.84 Å². The number of para-hydroxylation sites is 2. The SMILES string of the molecule is COc1ccc(CNc2cc(NC(C)(C)CCn3cnc4ccccc43)ccc2O)cc1. The summed E-state index contributed by atoms with van der Waals surface area (Å²) in [7, 11) is 1.66. The highest BCUT2D eigenvalue weighted by Crippen LogP contribution is 2.30. The quantitative estimate of drug-likeness (QED) is 0.237. The zero-order valence-electron chi connectivity index (χ0n) is 18.8. The van der Waals surface area contributed by atoms with Crippen molar-refractivity contribution in [2.24, 2.45) is 0 Å². The fourth-order valence-electron chi connectivity index (χ4n) is 3.74. The molecule has 1 heterocycles. The molecule has 0 amide bonds. The summed E-state index contributed by atoms with van der Waals surface area (Å²) in [6.45, 7) is 5.84. The Bertz CT molecular complexity index is 1180. The van der Waals surface area contributed by atoms with Gasteiger partial charge in [0.15, 0.2) is 0 Å². The van der Waals surface area contributed by atoms with Crippen LogP contribution in [0.5, 0.6) is 11.5 Å². The van der Waals surface area contributed by atoms with Gasteiger partial charge in [-0.05, 0) is 68.3 Å². The highest BCUT2D eigenvalue weighted by Gasteiger charge is 2.18. The van der Waals surface area contributed by atoms with Gasteiger partial charge in [-0.2, -0.15) is 0 Å². The number of rotatable bonds is 9. The minimum Gasteiger partial charge on any atom is -0.506 e. The van der Waals surface area contributed by atoms with Gasteiger partial charge in [-0.3, -0.25) is 0 Å². The van der Waals surface area contributed by atoms with Gasteiger partial charge in [-0.1, -0.05) is 24.3 Å². The average molecular weight is 431 g/mol. The Hall–Kier alpha value is -3.67. The van der Waals surface area contributed by atoms with Gasteiger partial charge in [-0.15, -0.1) is 0 Å².